The zero-order chi connectivity index (χ0) is 21.6. The van der Waals surface area contributed by atoms with Crippen molar-refractivity contribution in [2.75, 3.05) is 32.1 Å². The Bertz CT molecular complexity index is 995. The van der Waals surface area contributed by atoms with Gasteiger partial charge in [-0.3, -0.25) is 9.59 Å². The predicted octanol–water partition coefficient (Wildman–Crippen LogP) is 1.85. The molecule has 160 valence electrons. The molecule has 1 aliphatic heterocycles. The zero-order valence-corrected chi connectivity index (χ0v) is 17.5. The average Bonchev–Trinajstić information content (AvgIpc) is 2.78. The molecule has 1 atom stereocenters. The normalized spacial score (nSPS) is 17.2. The predicted molar refractivity (Wildman–Crippen MR) is 113 cm³/mol. The van der Waals surface area contributed by atoms with Crippen LogP contribution in [0.2, 0.25) is 0 Å². The van der Waals surface area contributed by atoms with Gasteiger partial charge in [-0.15, -0.1) is 0 Å². The molecule has 30 heavy (non-hydrogen) atoms. The summed E-state index contributed by atoms with van der Waals surface area (Å²) >= 11 is 0. The van der Waals surface area contributed by atoms with Gasteiger partial charge in [0.05, 0.1) is 24.5 Å². The highest BCUT2D eigenvalue weighted by Gasteiger charge is 2.33. The summed E-state index contributed by atoms with van der Waals surface area (Å²) in [5.74, 6) is -0.592. The Hall–Kier alpha value is -2.91. The topological polar surface area (TPSA) is 105 Å². The third kappa shape index (κ3) is 5.37. The number of rotatable bonds is 7. The van der Waals surface area contributed by atoms with E-state index in [2.05, 4.69) is 10.6 Å². The van der Waals surface area contributed by atoms with Gasteiger partial charge in [-0.2, -0.15) is 4.31 Å². The first-order chi connectivity index (χ1) is 14.4. The Morgan fingerprint density at radius 3 is 2.63 bits per heavy atom. The van der Waals surface area contributed by atoms with E-state index in [9.17, 15) is 18.0 Å². The maximum atomic E-state index is 12.8. The van der Waals surface area contributed by atoms with Crippen LogP contribution in [0.4, 0.5) is 5.69 Å². The van der Waals surface area contributed by atoms with Gasteiger partial charge < -0.3 is 15.4 Å². The third-order valence-corrected chi connectivity index (χ3v) is 6.79. The summed E-state index contributed by atoms with van der Waals surface area (Å²) < 4.78 is 32.0. The molecule has 9 heteroatoms. The number of carbonyl (C=O) groups is 2. The number of amides is 2. The Morgan fingerprint density at radius 1 is 1.13 bits per heavy atom. The van der Waals surface area contributed by atoms with Gasteiger partial charge in [0.15, 0.2) is 0 Å². The number of hydrogen-bond acceptors (Lipinski definition) is 5. The van der Waals surface area contributed by atoms with E-state index < -0.39 is 15.9 Å². The molecule has 1 aliphatic rings. The number of methoxy groups -OCH3 is 1. The summed E-state index contributed by atoms with van der Waals surface area (Å²) in [5.41, 5.74) is 0.561. The zero-order valence-electron chi connectivity index (χ0n) is 16.7. The monoisotopic (exact) mass is 431 g/mol. The minimum absolute atomic E-state index is 0.0978. The van der Waals surface area contributed by atoms with Crippen molar-refractivity contribution in [1.82, 2.24) is 9.62 Å². The molecule has 2 N–H and O–H groups in total. The minimum atomic E-state index is -3.64. The smallest absolute Gasteiger partial charge is 0.243 e. The molecule has 0 aliphatic carbocycles. The van der Waals surface area contributed by atoms with Crippen molar-refractivity contribution in [3.8, 4) is 5.75 Å². The molecule has 2 amide bonds. The summed E-state index contributed by atoms with van der Waals surface area (Å²) in [6, 6.07) is 15.1. The number of sulfonamides is 1. The molecule has 1 heterocycles. The summed E-state index contributed by atoms with van der Waals surface area (Å²) in [4.78, 5) is 24.9. The maximum Gasteiger partial charge on any atom is 0.243 e. The fourth-order valence-corrected chi connectivity index (χ4v) is 4.88. The first kappa shape index (κ1) is 21.8. The SMILES string of the molecule is COc1cccc(NC(=O)CNC(=O)[C@H]2CCCN(S(=O)(=O)c3ccccc3)C2)c1. The third-order valence-electron chi connectivity index (χ3n) is 4.91. The van der Waals surface area contributed by atoms with E-state index in [-0.39, 0.29) is 29.8 Å². The van der Waals surface area contributed by atoms with Crippen LogP contribution in [0.1, 0.15) is 12.8 Å². The lowest BCUT2D eigenvalue weighted by Crippen LogP contribution is -2.46. The van der Waals surface area contributed by atoms with E-state index in [0.717, 1.165) is 0 Å². The lowest BCUT2D eigenvalue weighted by atomic mass is 9.99. The quantitative estimate of drug-likeness (QED) is 0.696. The van der Waals surface area contributed by atoms with Crippen molar-refractivity contribution < 1.29 is 22.7 Å². The number of nitrogens with zero attached hydrogens (tertiary/aromatic N) is 1. The Kier molecular flexibility index (Phi) is 7.07. The second-order valence-corrected chi connectivity index (χ2v) is 8.95. The van der Waals surface area contributed by atoms with Crippen LogP contribution in [0.15, 0.2) is 59.5 Å². The highest BCUT2D eigenvalue weighted by molar-refractivity contribution is 7.89. The van der Waals surface area contributed by atoms with Crippen molar-refractivity contribution in [3.63, 3.8) is 0 Å². The number of benzene rings is 2. The van der Waals surface area contributed by atoms with Gasteiger partial charge in [0, 0.05) is 24.8 Å². The number of carbonyl (C=O) groups excluding carboxylic acids is 2. The molecular weight excluding hydrogens is 406 g/mol. The number of nitrogens with one attached hydrogen (secondary N) is 2. The van der Waals surface area contributed by atoms with Gasteiger partial charge in [-0.1, -0.05) is 24.3 Å². The molecule has 2 aromatic carbocycles. The van der Waals surface area contributed by atoms with Crippen LogP contribution in [-0.4, -0.2) is 51.3 Å². The summed E-state index contributed by atoms with van der Waals surface area (Å²) in [6.07, 6.45) is 1.16. The number of anilines is 1. The van der Waals surface area contributed by atoms with E-state index in [1.165, 1.54) is 11.4 Å². The van der Waals surface area contributed by atoms with Gasteiger partial charge >= 0.3 is 0 Å². The summed E-state index contributed by atoms with van der Waals surface area (Å²) in [6.45, 7) is 0.274. The molecule has 0 unspecified atom stereocenters. The van der Waals surface area contributed by atoms with Crippen LogP contribution >= 0.6 is 0 Å². The number of ether oxygens (including phenoxy) is 1. The Labute approximate surface area is 176 Å². The van der Waals surface area contributed by atoms with Gasteiger partial charge in [-0.25, -0.2) is 8.42 Å². The van der Waals surface area contributed by atoms with E-state index in [1.807, 2.05) is 0 Å². The van der Waals surface area contributed by atoms with Crippen LogP contribution in [0.5, 0.6) is 5.75 Å². The van der Waals surface area contributed by atoms with Crippen molar-refractivity contribution in [2.24, 2.45) is 5.92 Å². The molecule has 1 saturated heterocycles. The minimum Gasteiger partial charge on any atom is -0.497 e. The van der Waals surface area contributed by atoms with Crippen molar-refractivity contribution in [2.45, 2.75) is 17.7 Å². The van der Waals surface area contributed by atoms with E-state index in [1.54, 1.807) is 54.6 Å². The lowest BCUT2D eigenvalue weighted by molar-refractivity contribution is -0.128. The van der Waals surface area contributed by atoms with Crippen molar-refractivity contribution in [1.29, 1.82) is 0 Å². The second kappa shape index (κ2) is 9.73. The Balaban J connectivity index is 1.54. The molecule has 8 nitrogen and oxygen atoms in total. The standard InChI is InChI=1S/C21H25N3O5S/c1-29-18-9-5-8-17(13-18)23-20(25)14-22-21(26)16-7-6-12-24(15-16)30(27,28)19-10-3-2-4-11-19/h2-5,8-11,13,16H,6-7,12,14-15H2,1H3,(H,22,26)(H,23,25)/t16-/m0/s1. The lowest BCUT2D eigenvalue weighted by Gasteiger charge is -2.31. The van der Waals surface area contributed by atoms with Gasteiger partial charge in [0.1, 0.15) is 5.75 Å². The molecule has 3 rings (SSSR count). The molecule has 0 spiro atoms. The molecule has 0 bridgehead atoms. The number of hydrogen-bond donors (Lipinski definition) is 2. The molecule has 0 aromatic heterocycles. The summed E-state index contributed by atoms with van der Waals surface area (Å²) in [7, 11) is -2.11. The van der Waals surface area contributed by atoms with Gasteiger partial charge in [0.25, 0.3) is 0 Å². The van der Waals surface area contributed by atoms with E-state index in [4.69, 9.17) is 4.74 Å². The molecule has 1 fully saturated rings. The molecule has 2 aromatic rings. The van der Waals surface area contributed by atoms with E-state index >= 15 is 0 Å². The first-order valence-corrected chi connectivity index (χ1v) is 11.1. The van der Waals surface area contributed by atoms with Crippen LogP contribution < -0.4 is 15.4 Å². The average molecular weight is 432 g/mol. The largest absolute Gasteiger partial charge is 0.497 e. The molecular formula is C21H25N3O5S. The van der Waals surface area contributed by atoms with Gasteiger partial charge in [0.2, 0.25) is 21.8 Å². The second-order valence-electron chi connectivity index (χ2n) is 7.01. The molecule has 0 saturated carbocycles. The van der Waals surface area contributed by atoms with Crippen LogP contribution in [0, 0.1) is 5.92 Å². The fraction of sp³-hybridized carbons (Fsp3) is 0.333. The fourth-order valence-electron chi connectivity index (χ4n) is 3.33. The highest BCUT2D eigenvalue weighted by atomic mass is 32.2. The first-order valence-electron chi connectivity index (χ1n) is 9.67. The molecule has 0 radical (unpaired) electrons. The maximum absolute atomic E-state index is 12.8. The van der Waals surface area contributed by atoms with E-state index in [0.29, 0.717) is 30.8 Å². The van der Waals surface area contributed by atoms with Crippen LogP contribution in [-0.2, 0) is 19.6 Å². The van der Waals surface area contributed by atoms with Crippen LogP contribution in [0.3, 0.4) is 0 Å². The van der Waals surface area contributed by atoms with Crippen molar-refractivity contribution >= 4 is 27.5 Å². The Morgan fingerprint density at radius 2 is 1.90 bits per heavy atom. The highest BCUT2D eigenvalue weighted by Crippen LogP contribution is 2.23. The van der Waals surface area contributed by atoms with Gasteiger partial charge in [-0.05, 0) is 37.1 Å². The van der Waals surface area contributed by atoms with Crippen molar-refractivity contribution in [3.05, 3.63) is 54.6 Å². The summed E-state index contributed by atoms with van der Waals surface area (Å²) in [5, 5.41) is 5.30. The van der Waals surface area contributed by atoms with Crippen LogP contribution in [0.25, 0.3) is 0 Å². The number of piperidine rings is 1.